The van der Waals surface area contributed by atoms with Gasteiger partial charge in [-0.15, -0.1) is 0 Å². The van der Waals surface area contributed by atoms with Crippen LogP contribution in [0.5, 0.6) is 0 Å². The van der Waals surface area contributed by atoms with Gasteiger partial charge in [0.1, 0.15) is 17.1 Å². The van der Waals surface area contributed by atoms with Gasteiger partial charge in [0, 0.05) is 13.2 Å². The fourth-order valence-electron chi connectivity index (χ4n) is 2.14. The average molecular weight is 402 g/mol. The number of carbonyl (C=O) groups excluding carboxylic acids is 2. The molecule has 0 spiro atoms. The number of hydrogen-bond donors (Lipinski definition) is 0. The van der Waals surface area contributed by atoms with Crippen molar-refractivity contribution in [1.82, 2.24) is 9.88 Å². The van der Waals surface area contributed by atoms with Gasteiger partial charge in [0.05, 0.1) is 30.0 Å². The normalized spacial score (nSPS) is 11.3. The van der Waals surface area contributed by atoms with Crippen molar-refractivity contribution >= 4 is 23.6 Å². The van der Waals surface area contributed by atoms with Crippen molar-refractivity contribution in [1.29, 1.82) is 0 Å². The maximum atomic E-state index is 12.5. The van der Waals surface area contributed by atoms with Crippen LogP contribution >= 0.6 is 11.8 Å². The summed E-state index contributed by atoms with van der Waals surface area (Å²) in [5.41, 5.74) is -0.554. The number of amides is 1. The highest BCUT2D eigenvalue weighted by Crippen LogP contribution is 2.29. The predicted molar refractivity (Wildman–Crippen MR) is 91.2 cm³/mol. The average Bonchev–Trinajstić information content (AvgIpc) is 2.98. The van der Waals surface area contributed by atoms with E-state index in [-0.39, 0.29) is 23.8 Å². The Morgan fingerprint density at radius 1 is 1.33 bits per heavy atom. The Labute approximate surface area is 157 Å². The lowest BCUT2D eigenvalue weighted by Gasteiger charge is -2.15. The molecule has 2 heterocycles. The van der Waals surface area contributed by atoms with Crippen molar-refractivity contribution in [2.45, 2.75) is 24.7 Å². The summed E-state index contributed by atoms with van der Waals surface area (Å²) < 4.78 is 47.6. The molecule has 10 heteroatoms. The van der Waals surface area contributed by atoms with Crippen molar-refractivity contribution in [3.05, 3.63) is 47.0 Å². The summed E-state index contributed by atoms with van der Waals surface area (Å²) in [5, 5.41) is 0.312. The lowest BCUT2D eigenvalue weighted by Crippen LogP contribution is -2.27. The van der Waals surface area contributed by atoms with Gasteiger partial charge in [-0.1, -0.05) is 11.8 Å². The van der Waals surface area contributed by atoms with E-state index in [1.54, 1.807) is 14.0 Å². The monoisotopic (exact) mass is 402 g/mol. The SMILES string of the molecule is COC(=O)c1cc(CN(C)C(=O)CSc2ccc(C(F)(F)F)cn2)oc1C. The summed E-state index contributed by atoms with van der Waals surface area (Å²) in [4.78, 5) is 28.9. The molecule has 146 valence electrons. The zero-order chi connectivity index (χ0) is 20.2. The number of aryl methyl sites for hydroxylation is 1. The molecule has 0 saturated heterocycles. The molecule has 0 bridgehead atoms. The zero-order valence-electron chi connectivity index (χ0n) is 14.8. The van der Waals surface area contributed by atoms with Gasteiger partial charge in [-0.25, -0.2) is 9.78 Å². The van der Waals surface area contributed by atoms with E-state index in [1.807, 2.05) is 0 Å². The van der Waals surface area contributed by atoms with E-state index < -0.39 is 17.7 Å². The van der Waals surface area contributed by atoms with Crippen LogP contribution in [0.25, 0.3) is 0 Å². The molecule has 0 atom stereocenters. The smallest absolute Gasteiger partial charge is 0.417 e. The molecule has 0 fully saturated rings. The van der Waals surface area contributed by atoms with Crippen LogP contribution in [0.15, 0.2) is 33.8 Å². The predicted octanol–water partition coefficient (Wildman–Crippen LogP) is 3.54. The molecule has 0 saturated carbocycles. The molecule has 1 amide bonds. The summed E-state index contributed by atoms with van der Waals surface area (Å²) in [6.45, 7) is 1.75. The van der Waals surface area contributed by atoms with Crippen LogP contribution in [0, 0.1) is 6.92 Å². The van der Waals surface area contributed by atoms with Crippen LogP contribution in [-0.4, -0.2) is 41.7 Å². The Hall–Kier alpha value is -2.49. The molecule has 2 aromatic heterocycles. The lowest BCUT2D eigenvalue weighted by atomic mass is 10.2. The molecule has 0 aliphatic carbocycles. The van der Waals surface area contributed by atoms with Gasteiger partial charge in [0.15, 0.2) is 0 Å². The minimum Gasteiger partial charge on any atom is -0.465 e. The molecule has 0 N–H and O–H groups in total. The van der Waals surface area contributed by atoms with Crippen molar-refractivity contribution in [3.8, 4) is 0 Å². The maximum Gasteiger partial charge on any atom is 0.417 e. The first-order valence-corrected chi connectivity index (χ1v) is 8.68. The van der Waals surface area contributed by atoms with E-state index in [0.717, 1.165) is 24.0 Å². The number of aromatic nitrogens is 1. The van der Waals surface area contributed by atoms with E-state index in [1.165, 1.54) is 24.1 Å². The van der Waals surface area contributed by atoms with Crippen LogP contribution < -0.4 is 0 Å². The highest BCUT2D eigenvalue weighted by Gasteiger charge is 2.30. The molecule has 2 aromatic rings. The molecule has 0 aromatic carbocycles. The van der Waals surface area contributed by atoms with Crippen molar-refractivity contribution in [2.75, 3.05) is 19.9 Å². The molecular weight excluding hydrogens is 385 g/mol. The zero-order valence-corrected chi connectivity index (χ0v) is 15.6. The Morgan fingerprint density at radius 3 is 2.59 bits per heavy atom. The quantitative estimate of drug-likeness (QED) is 0.544. The lowest BCUT2D eigenvalue weighted by molar-refractivity contribution is -0.138. The number of carbonyl (C=O) groups is 2. The molecule has 0 aliphatic rings. The number of hydrogen-bond acceptors (Lipinski definition) is 6. The van der Waals surface area contributed by atoms with Gasteiger partial charge in [0.25, 0.3) is 0 Å². The van der Waals surface area contributed by atoms with E-state index in [2.05, 4.69) is 9.72 Å². The summed E-state index contributed by atoms with van der Waals surface area (Å²) in [5.74, 6) is 0.0107. The van der Waals surface area contributed by atoms with E-state index in [4.69, 9.17) is 4.42 Å². The van der Waals surface area contributed by atoms with Crippen molar-refractivity contribution in [3.63, 3.8) is 0 Å². The minimum absolute atomic E-state index is 0.00157. The number of esters is 1. The van der Waals surface area contributed by atoms with Crippen LogP contribution in [-0.2, 0) is 22.3 Å². The third kappa shape index (κ3) is 5.49. The van der Waals surface area contributed by atoms with E-state index in [9.17, 15) is 22.8 Å². The third-order valence-electron chi connectivity index (χ3n) is 3.60. The van der Waals surface area contributed by atoms with Gasteiger partial charge < -0.3 is 14.1 Å². The first kappa shape index (κ1) is 20.8. The number of nitrogens with zero attached hydrogens (tertiary/aromatic N) is 2. The number of rotatable bonds is 6. The third-order valence-corrected chi connectivity index (χ3v) is 4.53. The van der Waals surface area contributed by atoms with Crippen molar-refractivity contribution in [2.24, 2.45) is 0 Å². The highest BCUT2D eigenvalue weighted by molar-refractivity contribution is 7.99. The number of methoxy groups -OCH3 is 1. The Bertz CT molecular complexity index is 819. The second-order valence-corrected chi connectivity index (χ2v) is 6.59. The second kappa shape index (κ2) is 8.47. The molecule has 6 nitrogen and oxygen atoms in total. The van der Waals surface area contributed by atoms with Crippen LogP contribution in [0.2, 0.25) is 0 Å². The van der Waals surface area contributed by atoms with Crippen LogP contribution in [0.1, 0.15) is 27.4 Å². The van der Waals surface area contributed by atoms with Gasteiger partial charge in [-0.2, -0.15) is 13.2 Å². The number of alkyl halides is 3. The van der Waals surface area contributed by atoms with E-state index >= 15 is 0 Å². The Kier molecular flexibility index (Phi) is 6.53. The minimum atomic E-state index is -4.45. The number of thioether (sulfide) groups is 1. The number of pyridine rings is 1. The van der Waals surface area contributed by atoms with Crippen LogP contribution in [0.4, 0.5) is 13.2 Å². The van der Waals surface area contributed by atoms with Gasteiger partial charge in [0.2, 0.25) is 5.91 Å². The fraction of sp³-hybridized carbons (Fsp3) is 0.353. The highest BCUT2D eigenvalue weighted by atomic mass is 32.2. The number of furan rings is 1. The Balaban J connectivity index is 1.91. The fourth-order valence-corrected chi connectivity index (χ4v) is 2.92. The molecule has 27 heavy (non-hydrogen) atoms. The first-order valence-electron chi connectivity index (χ1n) is 7.69. The number of ether oxygens (including phenoxy) is 1. The molecule has 0 radical (unpaired) electrons. The largest absolute Gasteiger partial charge is 0.465 e. The second-order valence-electron chi connectivity index (χ2n) is 5.60. The first-order chi connectivity index (χ1) is 12.6. The van der Waals surface area contributed by atoms with Gasteiger partial charge in [-0.05, 0) is 25.1 Å². The van der Waals surface area contributed by atoms with E-state index in [0.29, 0.717) is 16.5 Å². The topological polar surface area (TPSA) is 72.6 Å². The molecule has 0 aliphatic heterocycles. The van der Waals surface area contributed by atoms with Gasteiger partial charge in [-0.3, -0.25) is 4.79 Å². The standard InChI is InChI=1S/C17H17F3N2O4S/c1-10-13(16(24)25-3)6-12(26-10)8-22(2)15(23)9-27-14-5-4-11(7-21-14)17(18,19)20/h4-7H,8-9H2,1-3H3. The molecular formula is C17H17F3N2O4S. The molecule has 0 unspecified atom stereocenters. The number of halogens is 3. The summed E-state index contributed by atoms with van der Waals surface area (Å²) in [6, 6.07) is 3.65. The maximum absolute atomic E-state index is 12.5. The summed E-state index contributed by atoms with van der Waals surface area (Å²) in [6.07, 6.45) is -3.72. The van der Waals surface area contributed by atoms with Crippen molar-refractivity contribution < 1.29 is 31.9 Å². The Morgan fingerprint density at radius 2 is 2.04 bits per heavy atom. The van der Waals surface area contributed by atoms with Crippen LogP contribution in [0.3, 0.4) is 0 Å². The summed E-state index contributed by atoms with van der Waals surface area (Å²) >= 11 is 1.03. The van der Waals surface area contributed by atoms with Gasteiger partial charge >= 0.3 is 12.1 Å². The summed E-state index contributed by atoms with van der Waals surface area (Å²) in [7, 11) is 2.81. The molecule has 2 rings (SSSR count).